The molecular weight excluding hydrogens is 225 g/mol. The highest BCUT2D eigenvalue weighted by atomic mass is 19.4. The fourth-order valence-corrected chi connectivity index (χ4v) is 0.911. The molecule has 0 unspecified atom stereocenters. The van der Waals surface area contributed by atoms with Crippen molar-refractivity contribution < 1.29 is 23.1 Å². The molecule has 16 heavy (non-hydrogen) atoms. The summed E-state index contributed by atoms with van der Waals surface area (Å²) < 4.78 is 36.7. The second kappa shape index (κ2) is 4.21. The molecule has 0 amide bonds. The number of aliphatic carboxylic acids is 1. The molecule has 0 aliphatic carbocycles. The van der Waals surface area contributed by atoms with E-state index in [1.165, 1.54) is 6.07 Å². The van der Waals surface area contributed by atoms with Gasteiger partial charge in [-0.1, -0.05) is 6.07 Å². The molecule has 1 aromatic rings. The monoisotopic (exact) mass is 232 g/mol. The van der Waals surface area contributed by atoms with Crippen molar-refractivity contribution in [2.45, 2.75) is 6.18 Å². The molecule has 0 aliphatic heterocycles. The molecule has 0 saturated heterocycles. The fourth-order valence-electron chi connectivity index (χ4n) is 0.911. The first-order valence-corrected chi connectivity index (χ1v) is 4.05. The van der Waals surface area contributed by atoms with Crippen molar-refractivity contribution in [2.75, 3.05) is 0 Å². The smallest absolute Gasteiger partial charge is 0.433 e. The van der Waals surface area contributed by atoms with Crippen LogP contribution in [0.1, 0.15) is 11.4 Å². The lowest BCUT2D eigenvalue weighted by Gasteiger charge is -2.05. The Morgan fingerprint density at radius 1 is 1.44 bits per heavy atom. The van der Waals surface area contributed by atoms with Crippen LogP contribution in [0.2, 0.25) is 0 Å². The summed E-state index contributed by atoms with van der Waals surface area (Å²) >= 11 is 0. The van der Waals surface area contributed by atoms with E-state index in [1.807, 2.05) is 0 Å². The minimum absolute atomic E-state index is 0.158. The molecule has 3 N–H and O–H groups in total. The predicted molar refractivity (Wildman–Crippen MR) is 49.0 cm³/mol. The van der Waals surface area contributed by atoms with Gasteiger partial charge in [-0.3, -0.25) is 0 Å². The largest absolute Gasteiger partial charge is 0.477 e. The van der Waals surface area contributed by atoms with Gasteiger partial charge in [0.05, 0.1) is 5.69 Å². The van der Waals surface area contributed by atoms with E-state index in [9.17, 15) is 18.0 Å². The summed E-state index contributed by atoms with van der Waals surface area (Å²) in [5.74, 6) is -1.42. The van der Waals surface area contributed by atoms with E-state index in [0.717, 1.165) is 18.2 Å². The van der Waals surface area contributed by atoms with Crippen LogP contribution in [-0.2, 0) is 11.0 Å². The standard InChI is InChI=1S/C9H7F3N2O2/c10-9(11,12)7-3-1-2-5(14-7)4-6(13)8(15)16/h1-4H,13H2,(H,15,16)/b6-4-. The van der Waals surface area contributed by atoms with Crippen LogP contribution in [0.4, 0.5) is 13.2 Å². The zero-order valence-corrected chi connectivity index (χ0v) is 7.82. The summed E-state index contributed by atoms with van der Waals surface area (Å²) in [4.78, 5) is 13.6. The minimum atomic E-state index is -4.57. The third-order valence-corrected chi connectivity index (χ3v) is 1.61. The fraction of sp³-hybridized carbons (Fsp3) is 0.111. The third-order valence-electron chi connectivity index (χ3n) is 1.61. The molecule has 1 rings (SSSR count). The van der Waals surface area contributed by atoms with E-state index < -0.39 is 23.5 Å². The highest BCUT2D eigenvalue weighted by molar-refractivity contribution is 5.90. The van der Waals surface area contributed by atoms with Gasteiger partial charge < -0.3 is 10.8 Å². The molecule has 0 spiro atoms. The Morgan fingerprint density at radius 2 is 2.06 bits per heavy atom. The molecule has 7 heteroatoms. The van der Waals surface area contributed by atoms with E-state index in [0.29, 0.717) is 0 Å². The molecule has 0 saturated carbocycles. The maximum absolute atomic E-state index is 12.2. The summed E-state index contributed by atoms with van der Waals surface area (Å²) in [5, 5.41) is 8.43. The maximum atomic E-state index is 12.2. The van der Waals surface area contributed by atoms with E-state index in [-0.39, 0.29) is 5.69 Å². The van der Waals surface area contributed by atoms with Gasteiger partial charge in [-0.15, -0.1) is 0 Å². The SMILES string of the molecule is N/C(=C\c1cccc(C(F)(F)F)n1)C(=O)O. The molecule has 86 valence electrons. The van der Waals surface area contributed by atoms with Crippen LogP contribution in [0.25, 0.3) is 6.08 Å². The second-order valence-corrected chi connectivity index (χ2v) is 2.85. The molecule has 1 heterocycles. The number of carboxylic acid groups (broad SMARTS) is 1. The molecule has 0 fully saturated rings. The lowest BCUT2D eigenvalue weighted by Crippen LogP contribution is -2.11. The number of rotatable bonds is 2. The number of pyridine rings is 1. The van der Waals surface area contributed by atoms with Gasteiger partial charge in [-0.2, -0.15) is 13.2 Å². The summed E-state index contributed by atoms with van der Waals surface area (Å²) in [7, 11) is 0. The number of halogens is 3. The lowest BCUT2D eigenvalue weighted by atomic mass is 10.2. The number of aromatic nitrogens is 1. The first-order chi connectivity index (χ1) is 7.30. The van der Waals surface area contributed by atoms with Gasteiger partial charge in [0.2, 0.25) is 0 Å². The van der Waals surface area contributed by atoms with Crippen molar-refractivity contribution in [3.8, 4) is 0 Å². The number of hydrogen-bond acceptors (Lipinski definition) is 3. The Kier molecular flexibility index (Phi) is 3.17. The van der Waals surface area contributed by atoms with Crippen molar-refractivity contribution in [3.63, 3.8) is 0 Å². The quantitative estimate of drug-likeness (QED) is 0.757. The molecule has 0 aromatic carbocycles. The maximum Gasteiger partial charge on any atom is 0.433 e. The topological polar surface area (TPSA) is 76.2 Å². The van der Waals surface area contributed by atoms with Crippen molar-refractivity contribution >= 4 is 12.0 Å². The van der Waals surface area contributed by atoms with Gasteiger partial charge in [0.25, 0.3) is 0 Å². The van der Waals surface area contributed by atoms with Gasteiger partial charge in [-0.25, -0.2) is 9.78 Å². The Morgan fingerprint density at radius 3 is 2.56 bits per heavy atom. The Balaban J connectivity index is 3.09. The van der Waals surface area contributed by atoms with Crippen molar-refractivity contribution in [2.24, 2.45) is 5.73 Å². The highest BCUT2D eigenvalue weighted by Gasteiger charge is 2.32. The average molecular weight is 232 g/mol. The normalized spacial score (nSPS) is 12.6. The molecule has 0 bridgehead atoms. The van der Waals surface area contributed by atoms with Gasteiger partial charge in [-0.05, 0) is 18.2 Å². The predicted octanol–water partition coefficient (Wildman–Crippen LogP) is 1.48. The van der Waals surface area contributed by atoms with Crippen LogP contribution >= 0.6 is 0 Å². The third kappa shape index (κ3) is 2.97. The number of nitrogens with two attached hydrogens (primary N) is 1. The Bertz CT molecular complexity index is 441. The molecule has 0 radical (unpaired) electrons. The zero-order valence-electron chi connectivity index (χ0n) is 7.82. The van der Waals surface area contributed by atoms with Gasteiger partial charge in [0.1, 0.15) is 11.4 Å². The number of alkyl halides is 3. The van der Waals surface area contributed by atoms with E-state index in [2.05, 4.69) is 4.98 Å². The van der Waals surface area contributed by atoms with E-state index in [4.69, 9.17) is 10.8 Å². The van der Waals surface area contributed by atoms with Crippen molar-refractivity contribution in [3.05, 3.63) is 35.3 Å². The summed E-state index contributed by atoms with van der Waals surface area (Å²) in [5.41, 5.74) is 3.22. The summed E-state index contributed by atoms with van der Waals surface area (Å²) in [6, 6.07) is 3.14. The summed E-state index contributed by atoms with van der Waals surface area (Å²) in [6.45, 7) is 0. The first kappa shape index (κ1) is 12.0. The number of nitrogens with zero attached hydrogens (tertiary/aromatic N) is 1. The zero-order chi connectivity index (χ0) is 12.3. The van der Waals surface area contributed by atoms with Crippen LogP contribution in [0.15, 0.2) is 23.9 Å². The van der Waals surface area contributed by atoms with Crippen LogP contribution in [0, 0.1) is 0 Å². The van der Waals surface area contributed by atoms with Crippen LogP contribution in [-0.4, -0.2) is 16.1 Å². The molecule has 0 aliphatic rings. The Hall–Kier alpha value is -2.05. The van der Waals surface area contributed by atoms with E-state index in [1.54, 1.807) is 0 Å². The van der Waals surface area contributed by atoms with Gasteiger partial charge >= 0.3 is 12.1 Å². The van der Waals surface area contributed by atoms with Crippen LogP contribution < -0.4 is 5.73 Å². The number of carboxylic acids is 1. The highest BCUT2D eigenvalue weighted by Crippen LogP contribution is 2.27. The summed E-state index contributed by atoms with van der Waals surface area (Å²) in [6.07, 6.45) is -3.71. The van der Waals surface area contributed by atoms with E-state index >= 15 is 0 Å². The second-order valence-electron chi connectivity index (χ2n) is 2.85. The number of carbonyl (C=O) groups is 1. The van der Waals surface area contributed by atoms with Crippen LogP contribution in [0.5, 0.6) is 0 Å². The average Bonchev–Trinajstić information content (AvgIpc) is 2.16. The van der Waals surface area contributed by atoms with Crippen molar-refractivity contribution in [1.82, 2.24) is 4.98 Å². The Labute approximate surface area is 88.2 Å². The molecule has 1 aromatic heterocycles. The van der Waals surface area contributed by atoms with Crippen LogP contribution in [0.3, 0.4) is 0 Å². The molecular formula is C9H7F3N2O2. The van der Waals surface area contributed by atoms with Crippen molar-refractivity contribution in [1.29, 1.82) is 0 Å². The number of hydrogen-bond donors (Lipinski definition) is 2. The molecule has 4 nitrogen and oxygen atoms in total. The first-order valence-electron chi connectivity index (χ1n) is 4.05. The lowest BCUT2D eigenvalue weighted by molar-refractivity contribution is -0.141. The van der Waals surface area contributed by atoms with Gasteiger partial charge in [0.15, 0.2) is 0 Å². The minimum Gasteiger partial charge on any atom is -0.477 e. The molecule has 0 atom stereocenters. The van der Waals surface area contributed by atoms with Gasteiger partial charge in [0, 0.05) is 0 Å².